The predicted octanol–water partition coefficient (Wildman–Crippen LogP) is 11.9. The van der Waals surface area contributed by atoms with Gasteiger partial charge in [0.05, 0.1) is 25.4 Å². The lowest BCUT2D eigenvalue weighted by Gasteiger charge is -2.40. The van der Waals surface area contributed by atoms with Crippen LogP contribution in [0.5, 0.6) is 0 Å². The lowest BCUT2D eigenvalue weighted by Crippen LogP contribution is -2.60. The van der Waals surface area contributed by atoms with Crippen molar-refractivity contribution in [2.24, 2.45) is 0 Å². The van der Waals surface area contributed by atoms with Crippen LogP contribution in [0.1, 0.15) is 264 Å². The fourth-order valence-electron chi connectivity index (χ4n) is 8.75. The second-order valence-electron chi connectivity index (χ2n) is 18.7. The minimum atomic E-state index is -1.55. The molecule has 6 N–H and O–H groups in total. The van der Waals surface area contributed by atoms with Gasteiger partial charge in [-0.1, -0.05) is 245 Å². The van der Waals surface area contributed by atoms with Crippen LogP contribution in [0.3, 0.4) is 0 Å². The number of hydrogen-bond donors (Lipinski definition) is 6. The first-order valence-electron chi connectivity index (χ1n) is 26.2. The highest BCUT2D eigenvalue weighted by Gasteiger charge is 2.44. The molecule has 9 nitrogen and oxygen atoms in total. The van der Waals surface area contributed by atoms with E-state index in [-0.39, 0.29) is 12.5 Å². The Morgan fingerprint density at radius 2 is 0.833 bits per heavy atom. The Morgan fingerprint density at radius 1 is 0.500 bits per heavy atom. The molecule has 0 radical (unpaired) electrons. The minimum Gasteiger partial charge on any atom is -0.394 e. The molecule has 60 heavy (non-hydrogen) atoms. The van der Waals surface area contributed by atoms with Gasteiger partial charge in [-0.3, -0.25) is 4.79 Å². The van der Waals surface area contributed by atoms with E-state index in [0.717, 1.165) is 38.5 Å². The average molecular weight is 856 g/mol. The van der Waals surface area contributed by atoms with Crippen molar-refractivity contribution in [1.29, 1.82) is 0 Å². The number of carbonyl (C=O) groups is 1. The van der Waals surface area contributed by atoms with Gasteiger partial charge < -0.3 is 40.3 Å². The first-order chi connectivity index (χ1) is 29.3. The van der Waals surface area contributed by atoms with E-state index in [1.165, 1.54) is 199 Å². The van der Waals surface area contributed by atoms with Crippen LogP contribution in [-0.4, -0.2) is 87.5 Å². The van der Waals surface area contributed by atoms with Gasteiger partial charge in [-0.2, -0.15) is 0 Å². The molecular formula is C51H101NO8. The van der Waals surface area contributed by atoms with E-state index in [1.807, 2.05) is 0 Å². The van der Waals surface area contributed by atoms with Gasteiger partial charge in [0.2, 0.25) is 5.91 Å². The Balaban J connectivity index is 2.24. The molecule has 2 unspecified atom stereocenters. The van der Waals surface area contributed by atoms with Crippen molar-refractivity contribution in [3.63, 3.8) is 0 Å². The van der Waals surface area contributed by atoms with Crippen LogP contribution in [0.25, 0.3) is 0 Å². The summed E-state index contributed by atoms with van der Waals surface area (Å²) in [6.07, 6.45) is 41.1. The van der Waals surface area contributed by atoms with Crippen molar-refractivity contribution in [3.05, 3.63) is 0 Å². The topological polar surface area (TPSA) is 149 Å². The van der Waals surface area contributed by atoms with Gasteiger partial charge in [0.25, 0.3) is 0 Å². The van der Waals surface area contributed by atoms with Crippen LogP contribution in [0, 0.1) is 0 Å². The van der Waals surface area contributed by atoms with E-state index in [0.29, 0.717) is 12.8 Å². The van der Waals surface area contributed by atoms with Crippen LogP contribution >= 0.6 is 0 Å². The molecule has 0 saturated carbocycles. The van der Waals surface area contributed by atoms with Gasteiger partial charge in [0.15, 0.2) is 6.29 Å². The summed E-state index contributed by atoms with van der Waals surface area (Å²) < 4.78 is 11.3. The molecule has 0 aromatic heterocycles. The van der Waals surface area contributed by atoms with Crippen molar-refractivity contribution < 1.29 is 39.8 Å². The van der Waals surface area contributed by atoms with E-state index >= 15 is 0 Å². The number of rotatable bonds is 45. The SMILES string of the molecule is CCCCCCCCCCCCCCCCCCCCCCC(=O)N[C@@H](CO[C@@H]1O[C@H](CO)[C@H](O)C(O)C1O)[C@H](O)CCCCCCCCCCCCCCCCCCC. The van der Waals surface area contributed by atoms with E-state index < -0.39 is 49.5 Å². The fourth-order valence-corrected chi connectivity index (χ4v) is 8.75. The second-order valence-corrected chi connectivity index (χ2v) is 18.7. The Kier molecular flexibility index (Phi) is 40.2. The lowest BCUT2D eigenvalue weighted by atomic mass is 9.99. The van der Waals surface area contributed by atoms with Crippen molar-refractivity contribution in [2.75, 3.05) is 13.2 Å². The van der Waals surface area contributed by atoms with Crippen molar-refractivity contribution in [2.45, 2.75) is 307 Å². The molecule has 0 spiro atoms. The second kappa shape index (κ2) is 42.2. The first kappa shape index (κ1) is 57.2. The van der Waals surface area contributed by atoms with E-state index in [4.69, 9.17) is 9.47 Å². The van der Waals surface area contributed by atoms with Crippen LogP contribution < -0.4 is 5.32 Å². The third-order valence-corrected chi connectivity index (χ3v) is 13.0. The van der Waals surface area contributed by atoms with Crippen LogP contribution in [-0.2, 0) is 14.3 Å². The molecule has 1 rings (SSSR count). The Hall–Kier alpha value is -0.810. The number of ether oxygens (including phenoxy) is 2. The molecule has 1 saturated heterocycles. The Morgan fingerprint density at radius 3 is 1.18 bits per heavy atom. The average Bonchev–Trinajstić information content (AvgIpc) is 3.25. The molecule has 0 bridgehead atoms. The normalized spacial score (nSPS) is 20.4. The lowest BCUT2D eigenvalue weighted by molar-refractivity contribution is -0.302. The van der Waals surface area contributed by atoms with Gasteiger partial charge in [0, 0.05) is 6.42 Å². The third kappa shape index (κ3) is 31.9. The monoisotopic (exact) mass is 856 g/mol. The maximum Gasteiger partial charge on any atom is 0.220 e. The summed E-state index contributed by atoms with van der Waals surface area (Å²) in [7, 11) is 0. The predicted molar refractivity (Wildman–Crippen MR) is 249 cm³/mol. The number of aliphatic hydroxyl groups is 5. The molecule has 0 aromatic rings. The summed E-state index contributed by atoms with van der Waals surface area (Å²) in [4.78, 5) is 13.0. The molecule has 1 fully saturated rings. The van der Waals surface area contributed by atoms with Crippen molar-refractivity contribution in [1.82, 2.24) is 5.32 Å². The number of aliphatic hydroxyl groups excluding tert-OH is 5. The van der Waals surface area contributed by atoms with E-state index in [2.05, 4.69) is 19.2 Å². The summed E-state index contributed by atoms with van der Waals surface area (Å²) in [5.74, 6) is -0.138. The Bertz CT molecular complexity index is 908. The minimum absolute atomic E-state index is 0.131. The smallest absolute Gasteiger partial charge is 0.220 e. The maximum atomic E-state index is 13.0. The number of nitrogens with one attached hydrogen (secondary N) is 1. The summed E-state index contributed by atoms with van der Waals surface area (Å²) in [5.41, 5.74) is 0. The summed E-state index contributed by atoms with van der Waals surface area (Å²) in [6, 6.07) is -0.712. The summed E-state index contributed by atoms with van der Waals surface area (Å²) >= 11 is 0. The zero-order valence-electron chi connectivity index (χ0n) is 39.5. The molecule has 7 atom stereocenters. The summed E-state index contributed by atoms with van der Waals surface area (Å²) in [5, 5.41) is 54.5. The molecular weight excluding hydrogens is 755 g/mol. The van der Waals surface area contributed by atoms with Crippen LogP contribution in [0.15, 0.2) is 0 Å². The largest absolute Gasteiger partial charge is 0.394 e. The maximum absolute atomic E-state index is 13.0. The standard InChI is InChI=1S/C51H101NO8/c1-3-5-7-9-11-13-15-17-19-21-22-23-25-27-29-31-33-35-37-39-41-47(55)52-44(43-59-51-50(58)49(57)48(56)46(42-53)60-51)45(54)40-38-36-34-32-30-28-26-24-20-18-16-14-12-10-8-6-4-2/h44-46,48-51,53-54,56-58H,3-43H2,1-2H3,(H,52,55)/t44-,45+,46+,48-,49?,50?,51+/m0/s1. The van der Waals surface area contributed by atoms with Gasteiger partial charge >= 0.3 is 0 Å². The zero-order chi connectivity index (χ0) is 43.7. The van der Waals surface area contributed by atoms with Crippen molar-refractivity contribution in [3.8, 4) is 0 Å². The van der Waals surface area contributed by atoms with Gasteiger partial charge in [-0.15, -0.1) is 0 Å². The highest BCUT2D eigenvalue weighted by atomic mass is 16.7. The van der Waals surface area contributed by atoms with Crippen LogP contribution in [0.4, 0.5) is 0 Å². The fraction of sp³-hybridized carbons (Fsp3) is 0.980. The molecule has 0 aliphatic carbocycles. The molecule has 358 valence electrons. The highest BCUT2D eigenvalue weighted by Crippen LogP contribution is 2.23. The quantitative estimate of drug-likeness (QED) is 0.0332. The van der Waals surface area contributed by atoms with Gasteiger partial charge in [-0.05, 0) is 12.8 Å². The first-order valence-corrected chi connectivity index (χ1v) is 26.2. The molecule has 9 heteroatoms. The molecule has 0 aromatic carbocycles. The van der Waals surface area contributed by atoms with E-state index in [1.54, 1.807) is 0 Å². The number of amides is 1. The number of hydrogen-bond acceptors (Lipinski definition) is 8. The van der Waals surface area contributed by atoms with Crippen molar-refractivity contribution >= 4 is 5.91 Å². The van der Waals surface area contributed by atoms with Gasteiger partial charge in [0.1, 0.15) is 24.4 Å². The number of carbonyl (C=O) groups excluding carboxylic acids is 1. The Labute approximate surface area is 370 Å². The zero-order valence-corrected chi connectivity index (χ0v) is 39.5. The molecule has 1 amide bonds. The molecule has 1 aliphatic rings. The molecule has 1 aliphatic heterocycles. The summed E-state index contributed by atoms with van der Waals surface area (Å²) in [6.45, 7) is 3.87. The third-order valence-electron chi connectivity index (χ3n) is 13.0. The van der Waals surface area contributed by atoms with E-state index in [9.17, 15) is 30.3 Å². The van der Waals surface area contributed by atoms with Gasteiger partial charge in [-0.25, -0.2) is 0 Å². The molecule has 1 heterocycles. The highest BCUT2D eigenvalue weighted by molar-refractivity contribution is 5.76. The van der Waals surface area contributed by atoms with Crippen LogP contribution in [0.2, 0.25) is 0 Å². The number of unbranched alkanes of at least 4 members (excludes halogenated alkanes) is 35.